The van der Waals surface area contributed by atoms with Crippen molar-refractivity contribution < 1.29 is 4.92 Å². The fourth-order valence-electron chi connectivity index (χ4n) is 1.04. The molecule has 0 aromatic heterocycles. The van der Waals surface area contributed by atoms with E-state index in [1.807, 2.05) is 0 Å². The lowest BCUT2D eigenvalue weighted by molar-refractivity contribution is -0.385. The molecule has 0 aliphatic carbocycles. The summed E-state index contributed by atoms with van der Waals surface area (Å²) in [6.45, 7) is 0.118. The second-order valence-electron chi connectivity index (χ2n) is 2.73. The summed E-state index contributed by atoms with van der Waals surface area (Å²) < 4.78 is 0. The van der Waals surface area contributed by atoms with E-state index in [4.69, 9.17) is 11.6 Å². The van der Waals surface area contributed by atoms with E-state index < -0.39 is 4.92 Å². The first kappa shape index (κ1) is 10.9. The van der Waals surface area contributed by atoms with E-state index in [2.05, 4.69) is 10.4 Å². The largest absolute Gasteiger partial charge is 0.369 e. The van der Waals surface area contributed by atoms with Gasteiger partial charge in [-0.2, -0.15) is 0 Å². The molecule has 7 heteroatoms. The molecule has 0 spiro atoms. The molecule has 0 aliphatic rings. The van der Waals surface area contributed by atoms with Crippen molar-refractivity contribution in [3.05, 3.63) is 39.9 Å². The van der Waals surface area contributed by atoms with E-state index >= 15 is 0 Å². The minimum absolute atomic E-state index is 0.0195. The predicted molar refractivity (Wildman–Crippen MR) is 55.7 cm³/mol. The van der Waals surface area contributed by atoms with Crippen LogP contribution in [0.15, 0.2) is 29.3 Å². The van der Waals surface area contributed by atoms with Crippen LogP contribution in [0.2, 0.25) is 0 Å². The molecule has 0 heterocycles. The van der Waals surface area contributed by atoms with Gasteiger partial charge in [-0.05, 0) is 0 Å². The average molecular weight is 209 g/mol. The minimum atomic E-state index is -0.461. The Hall–Kier alpha value is -2.15. The molecule has 15 heavy (non-hydrogen) atoms. The highest BCUT2D eigenvalue weighted by Crippen LogP contribution is 2.17. The number of guanidine groups is 1. The lowest BCUT2D eigenvalue weighted by atomic mass is 10.2. The normalized spacial score (nSPS) is 11.1. The van der Waals surface area contributed by atoms with Crippen LogP contribution < -0.4 is 17.0 Å². The van der Waals surface area contributed by atoms with Crippen LogP contribution in [-0.2, 0) is 6.54 Å². The Morgan fingerprint density at radius 1 is 1.53 bits per heavy atom. The van der Waals surface area contributed by atoms with Crippen LogP contribution in [0.4, 0.5) is 5.69 Å². The molecule has 0 fully saturated rings. The Kier molecular flexibility index (Phi) is 3.58. The molecule has 0 amide bonds. The maximum absolute atomic E-state index is 10.6. The van der Waals surface area contributed by atoms with Crippen LogP contribution in [0.5, 0.6) is 0 Å². The van der Waals surface area contributed by atoms with E-state index in [0.717, 1.165) is 0 Å². The third-order valence-corrected chi connectivity index (χ3v) is 1.76. The molecule has 0 aliphatic heterocycles. The van der Waals surface area contributed by atoms with Gasteiger partial charge in [-0.15, -0.1) is 0 Å². The van der Waals surface area contributed by atoms with Crippen LogP contribution in [0.25, 0.3) is 0 Å². The fourth-order valence-corrected chi connectivity index (χ4v) is 1.04. The topological polar surface area (TPSA) is 120 Å². The third-order valence-electron chi connectivity index (χ3n) is 1.76. The number of benzene rings is 1. The Morgan fingerprint density at radius 2 is 2.20 bits per heavy atom. The number of para-hydroxylation sites is 1. The molecule has 0 atom stereocenters. The molecule has 0 unspecified atom stereocenters. The van der Waals surface area contributed by atoms with Gasteiger partial charge in [-0.25, -0.2) is 10.8 Å². The van der Waals surface area contributed by atoms with Gasteiger partial charge in [0.15, 0.2) is 0 Å². The summed E-state index contributed by atoms with van der Waals surface area (Å²) in [5.74, 6) is 5.03. The Morgan fingerprint density at radius 3 is 2.80 bits per heavy atom. The van der Waals surface area contributed by atoms with Gasteiger partial charge in [0.2, 0.25) is 5.96 Å². The zero-order valence-corrected chi connectivity index (χ0v) is 7.88. The van der Waals surface area contributed by atoms with Crippen LogP contribution in [0.3, 0.4) is 0 Å². The monoisotopic (exact) mass is 209 g/mol. The lowest BCUT2D eigenvalue weighted by Crippen LogP contribution is -2.37. The first-order chi connectivity index (χ1) is 7.15. The average Bonchev–Trinajstić information content (AvgIpc) is 2.26. The predicted octanol–water partition coefficient (Wildman–Crippen LogP) is -0.127. The van der Waals surface area contributed by atoms with Crippen LogP contribution in [0.1, 0.15) is 5.56 Å². The fraction of sp³-hybridized carbons (Fsp3) is 0.125. The van der Waals surface area contributed by atoms with Crippen molar-refractivity contribution in [1.82, 2.24) is 5.43 Å². The van der Waals surface area contributed by atoms with Crippen molar-refractivity contribution in [3.8, 4) is 0 Å². The number of nitro benzene ring substituents is 1. The van der Waals surface area contributed by atoms with Crippen molar-refractivity contribution in [3.63, 3.8) is 0 Å². The molecule has 0 radical (unpaired) electrons. The van der Waals surface area contributed by atoms with E-state index in [1.54, 1.807) is 18.2 Å². The van der Waals surface area contributed by atoms with Gasteiger partial charge < -0.3 is 5.73 Å². The summed E-state index contributed by atoms with van der Waals surface area (Å²) in [7, 11) is 0. The molecule has 5 N–H and O–H groups in total. The van der Waals surface area contributed by atoms with Crippen molar-refractivity contribution in [2.75, 3.05) is 0 Å². The minimum Gasteiger partial charge on any atom is -0.369 e. The number of hydrogen-bond donors (Lipinski definition) is 3. The highest BCUT2D eigenvalue weighted by molar-refractivity contribution is 5.77. The molecular weight excluding hydrogens is 198 g/mol. The van der Waals surface area contributed by atoms with Gasteiger partial charge in [0.05, 0.1) is 17.0 Å². The van der Waals surface area contributed by atoms with E-state index in [1.165, 1.54) is 6.07 Å². The maximum Gasteiger partial charge on any atom is 0.274 e. The van der Waals surface area contributed by atoms with Gasteiger partial charge in [-0.1, -0.05) is 18.2 Å². The molecule has 80 valence electrons. The van der Waals surface area contributed by atoms with Gasteiger partial charge in [-0.3, -0.25) is 15.5 Å². The van der Waals surface area contributed by atoms with Crippen molar-refractivity contribution in [2.45, 2.75) is 6.54 Å². The zero-order valence-electron chi connectivity index (χ0n) is 7.88. The second kappa shape index (κ2) is 4.91. The van der Waals surface area contributed by atoms with Crippen LogP contribution in [-0.4, -0.2) is 10.9 Å². The SMILES string of the molecule is NNC(N)=NCc1ccccc1[N+](=O)[O-]. The zero-order chi connectivity index (χ0) is 11.3. The first-order valence-electron chi connectivity index (χ1n) is 4.14. The van der Waals surface area contributed by atoms with Crippen LogP contribution >= 0.6 is 0 Å². The number of nitro groups is 1. The summed E-state index contributed by atoms with van der Waals surface area (Å²) in [6.07, 6.45) is 0. The number of rotatable bonds is 3. The number of nitrogens with zero attached hydrogens (tertiary/aromatic N) is 2. The summed E-state index contributed by atoms with van der Waals surface area (Å²) in [5.41, 5.74) is 7.94. The second-order valence-corrected chi connectivity index (χ2v) is 2.73. The van der Waals surface area contributed by atoms with Crippen molar-refractivity contribution >= 4 is 11.6 Å². The quantitative estimate of drug-likeness (QED) is 0.210. The van der Waals surface area contributed by atoms with Crippen molar-refractivity contribution in [2.24, 2.45) is 16.6 Å². The third kappa shape index (κ3) is 2.92. The van der Waals surface area contributed by atoms with Gasteiger partial charge in [0, 0.05) is 6.07 Å². The summed E-state index contributed by atoms with van der Waals surface area (Å²) in [4.78, 5) is 14.0. The Labute approximate surface area is 85.9 Å². The number of nitrogens with two attached hydrogens (primary N) is 2. The number of aliphatic imine (C=N–C) groups is 1. The molecule has 0 saturated carbocycles. The lowest BCUT2D eigenvalue weighted by Gasteiger charge is -2.00. The first-order valence-corrected chi connectivity index (χ1v) is 4.14. The van der Waals surface area contributed by atoms with Crippen LogP contribution in [0, 0.1) is 10.1 Å². The van der Waals surface area contributed by atoms with E-state index in [0.29, 0.717) is 5.56 Å². The molecule has 1 rings (SSSR count). The molecule has 1 aromatic rings. The highest BCUT2D eigenvalue weighted by atomic mass is 16.6. The molecular formula is C8H11N5O2. The van der Waals surface area contributed by atoms with E-state index in [9.17, 15) is 10.1 Å². The number of hydrogen-bond acceptors (Lipinski definition) is 4. The standard InChI is InChI=1S/C8H11N5O2/c9-8(12-10)11-5-6-3-1-2-4-7(6)13(14)15/h1-4H,5,10H2,(H3,9,11,12). The molecule has 7 nitrogen and oxygen atoms in total. The summed E-state index contributed by atoms with van der Waals surface area (Å²) in [5, 5.41) is 10.6. The van der Waals surface area contributed by atoms with Gasteiger partial charge >= 0.3 is 0 Å². The maximum atomic E-state index is 10.6. The Balaban J connectivity index is 2.90. The summed E-state index contributed by atoms with van der Waals surface area (Å²) in [6, 6.07) is 6.32. The summed E-state index contributed by atoms with van der Waals surface area (Å²) >= 11 is 0. The Bertz CT molecular complexity index is 390. The molecule has 0 bridgehead atoms. The highest BCUT2D eigenvalue weighted by Gasteiger charge is 2.11. The smallest absolute Gasteiger partial charge is 0.274 e. The van der Waals surface area contributed by atoms with Gasteiger partial charge in [0.1, 0.15) is 0 Å². The van der Waals surface area contributed by atoms with Crippen molar-refractivity contribution in [1.29, 1.82) is 0 Å². The van der Waals surface area contributed by atoms with E-state index in [-0.39, 0.29) is 18.2 Å². The molecule has 1 aromatic carbocycles. The molecule has 0 saturated heterocycles. The number of nitrogens with one attached hydrogen (secondary N) is 1. The number of hydrazine groups is 1. The van der Waals surface area contributed by atoms with Gasteiger partial charge in [0.25, 0.3) is 5.69 Å².